The summed E-state index contributed by atoms with van der Waals surface area (Å²) in [6.45, 7) is 0.543. The first-order valence-electron chi connectivity index (χ1n) is 6.49. The number of benzene rings is 2. The molecule has 0 bridgehead atoms. The van der Waals surface area contributed by atoms with Gasteiger partial charge in [0.1, 0.15) is 0 Å². The van der Waals surface area contributed by atoms with E-state index in [0.29, 0.717) is 12.2 Å². The van der Waals surface area contributed by atoms with E-state index in [2.05, 4.69) is 4.98 Å². The van der Waals surface area contributed by atoms with Crippen LogP contribution in [0.4, 0.5) is 0 Å². The van der Waals surface area contributed by atoms with Crippen LogP contribution in [0.25, 0.3) is 11.3 Å². The summed E-state index contributed by atoms with van der Waals surface area (Å²) in [5, 5.41) is 0. The first-order valence-corrected chi connectivity index (χ1v) is 6.49. The van der Waals surface area contributed by atoms with E-state index in [-0.39, 0.29) is 5.56 Å². The maximum Gasteiger partial charge on any atom is 0.254 e. The second-order valence-corrected chi connectivity index (χ2v) is 4.59. The lowest BCUT2D eigenvalue weighted by Gasteiger charge is -2.06. The number of hydrogen-bond donors (Lipinski definition) is 0. The van der Waals surface area contributed by atoms with Gasteiger partial charge in [0, 0.05) is 11.6 Å². The Hall–Kier alpha value is -2.68. The third kappa shape index (κ3) is 2.67. The standard InChI is InChI=1S/C17H14N2O/c20-17-11-16(15-9-5-2-6-10-15)18-13-19(17)12-14-7-3-1-4-8-14/h1-11,13H,12H2. The van der Waals surface area contributed by atoms with Crippen LogP contribution in [-0.2, 0) is 6.54 Å². The Labute approximate surface area is 117 Å². The first-order chi connectivity index (χ1) is 9.83. The molecule has 98 valence electrons. The summed E-state index contributed by atoms with van der Waals surface area (Å²) in [7, 11) is 0. The molecular weight excluding hydrogens is 248 g/mol. The molecule has 1 aromatic heterocycles. The second kappa shape index (κ2) is 5.53. The highest BCUT2D eigenvalue weighted by Gasteiger charge is 2.03. The molecule has 1 heterocycles. The molecule has 3 aromatic rings. The van der Waals surface area contributed by atoms with Crippen molar-refractivity contribution in [1.82, 2.24) is 9.55 Å². The van der Waals surface area contributed by atoms with Gasteiger partial charge in [-0.1, -0.05) is 60.7 Å². The van der Waals surface area contributed by atoms with Gasteiger partial charge in [-0.3, -0.25) is 9.36 Å². The largest absolute Gasteiger partial charge is 0.295 e. The minimum Gasteiger partial charge on any atom is -0.295 e. The zero-order valence-corrected chi connectivity index (χ0v) is 10.9. The van der Waals surface area contributed by atoms with Crippen molar-refractivity contribution in [2.24, 2.45) is 0 Å². The van der Waals surface area contributed by atoms with Crippen molar-refractivity contribution in [3.8, 4) is 11.3 Å². The number of rotatable bonds is 3. The van der Waals surface area contributed by atoms with Gasteiger partial charge >= 0.3 is 0 Å². The zero-order chi connectivity index (χ0) is 13.8. The van der Waals surface area contributed by atoms with Gasteiger partial charge in [0.15, 0.2) is 0 Å². The Morgan fingerprint density at radius 3 is 2.20 bits per heavy atom. The summed E-state index contributed by atoms with van der Waals surface area (Å²) < 4.78 is 1.61. The fourth-order valence-electron chi connectivity index (χ4n) is 2.09. The maximum atomic E-state index is 12.1. The van der Waals surface area contributed by atoms with Gasteiger partial charge < -0.3 is 0 Å². The van der Waals surface area contributed by atoms with Gasteiger partial charge in [0.25, 0.3) is 5.56 Å². The Balaban J connectivity index is 1.91. The number of hydrogen-bond acceptors (Lipinski definition) is 2. The highest BCUT2D eigenvalue weighted by atomic mass is 16.1. The molecule has 0 spiro atoms. The molecule has 0 aliphatic carbocycles. The van der Waals surface area contributed by atoms with Crippen molar-refractivity contribution in [2.45, 2.75) is 6.54 Å². The van der Waals surface area contributed by atoms with Crippen molar-refractivity contribution >= 4 is 0 Å². The minimum absolute atomic E-state index is 0.0392. The van der Waals surface area contributed by atoms with Gasteiger partial charge in [-0.15, -0.1) is 0 Å². The molecule has 0 fully saturated rings. The molecule has 0 radical (unpaired) electrons. The third-order valence-corrected chi connectivity index (χ3v) is 3.14. The molecule has 0 saturated carbocycles. The van der Waals surface area contributed by atoms with Gasteiger partial charge in [-0.2, -0.15) is 0 Å². The van der Waals surface area contributed by atoms with Crippen LogP contribution in [0.5, 0.6) is 0 Å². The smallest absolute Gasteiger partial charge is 0.254 e. The summed E-state index contributed by atoms with van der Waals surface area (Å²) in [6, 6.07) is 21.2. The average Bonchev–Trinajstić information content (AvgIpc) is 2.51. The van der Waals surface area contributed by atoms with E-state index in [1.165, 1.54) is 0 Å². The summed E-state index contributed by atoms with van der Waals surface area (Å²) in [4.78, 5) is 16.5. The third-order valence-electron chi connectivity index (χ3n) is 3.14. The van der Waals surface area contributed by atoms with Gasteiger partial charge in [0.2, 0.25) is 0 Å². The lowest BCUT2D eigenvalue weighted by atomic mass is 10.1. The van der Waals surface area contributed by atoms with E-state index in [1.807, 2.05) is 60.7 Å². The zero-order valence-electron chi connectivity index (χ0n) is 10.9. The van der Waals surface area contributed by atoms with Crippen LogP contribution in [0.1, 0.15) is 5.56 Å². The van der Waals surface area contributed by atoms with Crippen LogP contribution in [0.2, 0.25) is 0 Å². The normalized spacial score (nSPS) is 10.4. The average molecular weight is 262 g/mol. The first kappa shape index (κ1) is 12.4. The summed E-state index contributed by atoms with van der Waals surface area (Å²) in [5.41, 5.74) is 2.71. The van der Waals surface area contributed by atoms with Crippen molar-refractivity contribution in [1.29, 1.82) is 0 Å². The summed E-state index contributed by atoms with van der Waals surface area (Å²) in [6.07, 6.45) is 1.61. The van der Waals surface area contributed by atoms with Crippen molar-refractivity contribution in [3.05, 3.63) is 89.0 Å². The SMILES string of the molecule is O=c1cc(-c2ccccc2)ncn1Cc1ccccc1. The van der Waals surface area contributed by atoms with E-state index >= 15 is 0 Å². The maximum absolute atomic E-state index is 12.1. The van der Waals surface area contributed by atoms with Crippen molar-refractivity contribution in [3.63, 3.8) is 0 Å². The monoisotopic (exact) mass is 262 g/mol. The van der Waals surface area contributed by atoms with Crippen LogP contribution >= 0.6 is 0 Å². The predicted molar refractivity (Wildman–Crippen MR) is 79.5 cm³/mol. The molecule has 0 unspecified atom stereocenters. The van der Waals surface area contributed by atoms with Crippen molar-refractivity contribution in [2.75, 3.05) is 0 Å². The Kier molecular flexibility index (Phi) is 3.42. The molecule has 0 saturated heterocycles. The molecule has 0 N–H and O–H groups in total. The lowest BCUT2D eigenvalue weighted by Crippen LogP contribution is -2.20. The summed E-state index contributed by atoms with van der Waals surface area (Å²) >= 11 is 0. The Bertz CT molecular complexity index is 749. The topological polar surface area (TPSA) is 34.9 Å². The van der Waals surface area contributed by atoms with E-state index in [9.17, 15) is 4.79 Å². The molecule has 0 aliphatic rings. The minimum atomic E-state index is -0.0392. The number of aromatic nitrogens is 2. The van der Waals surface area contributed by atoms with Crippen LogP contribution in [0.3, 0.4) is 0 Å². The highest BCUT2D eigenvalue weighted by molar-refractivity contribution is 5.57. The summed E-state index contributed by atoms with van der Waals surface area (Å²) in [5.74, 6) is 0. The predicted octanol–water partition coefficient (Wildman–Crippen LogP) is 2.96. The Morgan fingerprint density at radius 2 is 1.55 bits per heavy atom. The van der Waals surface area contributed by atoms with Crippen LogP contribution < -0.4 is 5.56 Å². The fraction of sp³-hybridized carbons (Fsp3) is 0.0588. The van der Waals surface area contributed by atoms with Gasteiger partial charge in [-0.25, -0.2) is 4.98 Å². The quantitative estimate of drug-likeness (QED) is 0.727. The van der Waals surface area contributed by atoms with E-state index in [4.69, 9.17) is 0 Å². The van der Waals surface area contributed by atoms with Crippen LogP contribution in [-0.4, -0.2) is 9.55 Å². The molecule has 0 atom stereocenters. The van der Waals surface area contributed by atoms with E-state index < -0.39 is 0 Å². The fourth-order valence-corrected chi connectivity index (χ4v) is 2.09. The Morgan fingerprint density at radius 1 is 0.900 bits per heavy atom. The molecule has 0 aliphatic heterocycles. The van der Waals surface area contributed by atoms with E-state index in [1.54, 1.807) is 17.0 Å². The second-order valence-electron chi connectivity index (χ2n) is 4.59. The van der Waals surface area contributed by atoms with Crippen LogP contribution in [0, 0.1) is 0 Å². The molecule has 3 heteroatoms. The number of nitrogens with zero attached hydrogens (tertiary/aromatic N) is 2. The molecule has 3 nitrogen and oxygen atoms in total. The molecular formula is C17H14N2O. The molecule has 20 heavy (non-hydrogen) atoms. The lowest BCUT2D eigenvalue weighted by molar-refractivity contribution is 0.737. The highest BCUT2D eigenvalue weighted by Crippen LogP contribution is 2.13. The van der Waals surface area contributed by atoms with Crippen molar-refractivity contribution < 1.29 is 0 Å². The molecule has 2 aromatic carbocycles. The van der Waals surface area contributed by atoms with Gasteiger partial charge in [-0.05, 0) is 5.56 Å². The molecule has 0 amide bonds. The van der Waals surface area contributed by atoms with Crippen LogP contribution in [0.15, 0.2) is 77.9 Å². The van der Waals surface area contributed by atoms with E-state index in [0.717, 1.165) is 11.1 Å². The van der Waals surface area contributed by atoms with Gasteiger partial charge in [0.05, 0.1) is 18.6 Å². The molecule has 3 rings (SSSR count).